The van der Waals surface area contributed by atoms with E-state index in [-0.39, 0.29) is 0 Å². The van der Waals surface area contributed by atoms with Gasteiger partial charge in [-0.2, -0.15) is 13.2 Å². The van der Waals surface area contributed by atoms with Gasteiger partial charge in [0.25, 0.3) is 5.91 Å². The van der Waals surface area contributed by atoms with Crippen LogP contribution in [0.5, 0.6) is 0 Å². The lowest BCUT2D eigenvalue weighted by molar-refractivity contribution is -0.137. The molecule has 9 heteroatoms. The number of nitrogens with one attached hydrogen (secondary N) is 1. The number of fused-ring (bicyclic) bond motifs is 1. The number of rotatable bonds is 4. The first kappa shape index (κ1) is 21.7. The number of carbonyl (C=O) groups is 1. The van der Waals surface area contributed by atoms with Gasteiger partial charge in [-0.1, -0.05) is 13.0 Å². The van der Waals surface area contributed by atoms with Crippen molar-refractivity contribution < 1.29 is 27.6 Å². The molecule has 2 aliphatic rings. The van der Waals surface area contributed by atoms with Crippen molar-refractivity contribution in [3.8, 4) is 0 Å². The highest BCUT2D eigenvalue weighted by Crippen LogP contribution is 2.37. The summed E-state index contributed by atoms with van der Waals surface area (Å²) >= 11 is 0. The van der Waals surface area contributed by atoms with E-state index in [0.29, 0.717) is 36.3 Å². The second-order valence-corrected chi connectivity index (χ2v) is 8.23. The molecule has 0 saturated carbocycles. The van der Waals surface area contributed by atoms with Crippen molar-refractivity contribution in [2.45, 2.75) is 44.9 Å². The highest BCUT2D eigenvalue weighted by Gasteiger charge is 2.42. The van der Waals surface area contributed by atoms with Crippen LogP contribution in [0, 0.1) is 0 Å². The molecule has 5 nitrogen and oxygen atoms in total. The second kappa shape index (κ2) is 7.87. The summed E-state index contributed by atoms with van der Waals surface area (Å²) in [4.78, 5) is 14.7. The van der Waals surface area contributed by atoms with Gasteiger partial charge in [-0.15, -0.1) is 0 Å². The molecule has 0 bridgehead atoms. The number of benzene rings is 2. The van der Waals surface area contributed by atoms with Crippen LogP contribution >= 0.6 is 0 Å². The van der Waals surface area contributed by atoms with Gasteiger partial charge < -0.3 is 19.9 Å². The van der Waals surface area contributed by atoms with Crippen LogP contribution in [0.1, 0.15) is 54.6 Å². The molecule has 1 amide bonds. The Morgan fingerprint density at radius 1 is 1.23 bits per heavy atom. The van der Waals surface area contributed by atoms with Crippen molar-refractivity contribution >= 4 is 29.9 Å². The number of alkyl halides is 3. The van der Waals surface area contributed by atoms with Gasteiger partial charge in [0.05, 0.1) is 16.7 Å². The quantitative estimate of drug-likeness (QED) is 0.720. The fourth-order valence-corrected chi connectivity index (χ4v) is 4.31. The normalized spacial score (nSPS) is 20.8. The Bertz CT molecular complexity index is 1010. The van der Waals surface area contributed by atoms with Crippen LogP contribution in [0.2, 0.25) is 0 Å². The molecule has 2 aliphatic heterocycles. The third-order valence-corrected chi connectivity index (χ3v) is 6.22. The first-order valence-electron chi connectivity index (χ1n) is 10.4. The smallest absolute Gasteiger partial charge is 0.423 e. The molecular formula is C22H24BF3N2O3. The lowest BCUT2D eigenvalue weighted by Gasteiger charge is -2.24. The summed E-state index contributed by atoms with van der Waals surface area (Å²) in [7, 11) is -1.15. The van der Waals surface area contributed by atoms with Gasteiger partial charge in [0.2, 0.25) is 0 Å². The maximum Gasteiger partial charge on any atom is 0.492 e. The Kier molecular flexibility index (Phi) is 5.51. The lowest BCUT2D eigenvalue weighted by atomic mass is 9.77. The van der Waals surface area contributed by atoms with Crippen LogP contribution in [0.25, 0.3) is 0 Å². The molecule has 31 heavy (non-hydrogen) atoms. The number of halogens is 3. The topological polar surface area (TPSA) is 61.8 Å². The van der Waals surface area contributed by atoms with Crippen LogP contribution in [0.15, 0.2) is 36.4 Å². The average molecular weight is 432 g/mol. The fourth-order valence-electron chi connectivity index (χ4n) is 4.31. The predicted octanol–water partition coefficient (Wildman–Crippen LogP) is 3.90. The Hall–Kier alpha value is -2.52. The average Bonchev–Trinajstić information content (AvgIpc) is 3.34. The fraction of sp³-hybridized carbons (Fsp3) is 0.409. The molecule has 0 aliphatic carbocycles. The minimum atomic E-state index is -4.66. The molecule has 4 rings (SSSR count). The van der Waals surface area contributed by atoms with Gasteiger partial charge in [0, 0.05) is 24.5 Å². The third kappa shape index (κ3) is 4.04. The molecule has 2 aromatic carbocycles. The maximum absolute atomic E-state index is 13.7. The first-order chi connectivity index (χ1) is 14.6. The summed E-state index contributed by atoms with van der Waals surface area (Å²) in [5.74, 6) is -0.855. The molecule has 1 unspecified atom stereocenters. The number of amides is 1. The maximum atomic E-state index is 13.7. The van der Waals surface area contributed by atoms with E-state index in [1.807, 2.05) is 18.7 Å². The summed E-state index contributed by atoms with van der Waals surface area (Å²) in [6.45, 7) is 5.21. The van der Waals surface area contributed by atoms with E-state index >= 15 is 0 Å². The summed E-state index contributed by atoms with van der Waals surface area (Å²) in [6.07, 6.45) is -2.14. The molecule has 0 aromatic heterocycles. The highest BCUT2D eigenvalue weighted by atomic mass is 19.4. The Labute approximate surface area is 179 Å². The van der Waals surface area contributed by atoms with Crippen LogP contribution in [0.4, 0.5) is 24.5 Å². The zero-order chi connectivity index (χ0) is 22.4. The third-order valence-electron chi connectivity index (χ3n) is 6.22. The Morgan fingerprint density at radius 3 is 2.58 bits per heavy atom. The van der Waals surface area contributed by atoms with Crippen LogP contribution in [-0.4, -0.2) is 31.1 Å². The molecule has 0 spiro atoms. The van der Waals surface area contributed by atoms with Crippen LogP contribution in [0.3, 0.4) is 0 Å². The van der Waals surface area contributed by atoms with Crippen molar-refractivity contribution in [2.75, 3.05) is 23.3 Å². The van der Waals surface area contributed by atoms with Gasteiger partial charge >= 0.3 is 13.3 Å². The summed E-state index contributed by atoms with van der Waals surface area (Å²) in [5.41, 5.74) is 0.0192. The molecule has 2 N–H and O–H groups in total. The lowest BCUT2D eigenvalue weighted by Crippen LogP contribution is -2.29. The zero-order valence-electron chi connectivity index (χ0n) is 17.4. The summed E-state index contributed by atoms with van der Waals surface area (Å²) in [6, 6.07) is 8.72. The molecule has 164 valence electrons. The summed E-state index contributed by atoms with van der Waals surface area (Å²) < 4.78 is 46.8. The minimum Gasteiger partial charge on any atom is -0.423 e. The number of anilines is 2. The predicted molar refractivity (Wildman–Crippen MR) is 114 cm³/mol. The number of hydrogen-bond donors (Lipinski definition) is 2. The molecule has 1 atom stereocenters. The SMILES string of the molecule is CCC1(C)OB(O)c2cc(NC(=O)c3ccc(N4CCCC4)cc3C(F)(F)F)ccc21. The van der Waals surface area contributed by atoms with E-state index in [2.05, 4.69) is 5.32 Å². The van der Waals surface area contributed by atoms with Gasteiger partial charge in [0.1, 0.15) is 0 Å². The number of carbonyl (C=O) groups excluding carboxylic acids is 1. The van der Waals surface area contributed by atoms with Crippen molar-refractivity contribution in [3.05, 3.63) is 53.1 Å². The largest absolute Gasteiger partial charge is 0.492 e. The van der Waals surface area contributed by atoms with Crippen LogP contribution in [-0.2, 0) is 16.4 Å². The summed E-state index contributed by atoms with van der Waals surface area (Å²) in [5, 5.41) is 12.8. The molecule has 2 aromatic rings. The van der Waals surface area contributed by atoms with Crippen molar-refractivity contribution in [3.63, 3.8) is 0 Å². The standard InChI is InChI=1S/C22H24BF3N2O3/c1-3-21(2)17-9-6-14(12-19(17)23(30)31-21)27-20(29)16-8-7-15(28-10-4-5-11-28)13-18(16)22(24,25)26/h6-9,12-13,30H,3-5,10-11H2,1-2H3,(H,27,29). The van der Waals surface area contributed by atoms with Gasteiger partial charge in [0.15, 0.2) is 0 Å². The van der Waals surface area contributed by atoms with E-state index in [1.54, 1.807) is 24.3 Å². The Morgan fingerprint density at radius 2 is 1.94 bits per heavy atom. The second-order valence-electron chi connectivity index (χ2n) is 8.23. The van der Waals surface area contributed by atoms with Crippen molar-refractivity contribution in [1.29, 1.82) is 0 Å². The monoisotopic (exact) mass is 432 g/mol. The van der Waals surface area contributed by atoms with Gasteiger partial charge in [-0.25, -0.2) is 0 Å². The van der Waals surface area contributed by atoms with Crippen molar-refractivity contribution in [2.24, 2.45) is 0 Å². The first-order valence-corrected chi connectivity index (χ1v) is 10.4. The number of nitrogens with zero attached hydrogens (tertiary/aromatic N) is 1. The zero-order valence-corrected chi connectivity index (χ0v) is 17.4. The Balaban J connectivity index is 1.62. The van der Waals surface area contributed by atoms with E-state index in [4.69, 9.17) is 4.65 Å². The minimum absolute atomic E-state index is 0.295. The highest BCUT2D eigenvalue weighted by molar-refractivity contribution is 6.62. The van der Waals surface area contributed by atoms with E-state index in [1.165, 1.54) is 6.07 Å². The molecular weight excluding hydrogens is 408 g/mol. The van der Waals surface area contributed by atoms with Gasteiger partial charge in [-0.3, -0.25) is 4.79 Å². The van der Waals surface area contributed by atoms with E-state index in [0.717, 1.165) is 24.5 Å². The molecule has 1 fully saturated rings. The van der Waals surface area contributed by atoms with E-state index in [9.17, 15) is 23.0 Å². The van der Waals surface area contributed by atoms with Crippen molar-refractivity contribution in [1.82, 2.24) is 0 Å². The number of hydrogen-bond acceptors (Lipinski definition) is 4. The van der Waals surface area contributed by atoms with Crippen LogP contribution < -0.4 is 15.7 Å². The molecule has 1 saturated heterocycles. The van der Waals surface area contributed by atoms with E-state index < -0.39 is 35.9 Å². The molecule has 2 heterocycles. The van der Waals surface area contributed by atoms with Gasteiger partial charge in [-0.05, 0) is 67.5 Å². The molecule has 0 radical (unpaired) electrons.